The average Bonchev–Trinajstić information content (AvgIpc) is 2.64. The summed E-state index contributed by atoms with van der Waals surface area (Å²) in [5.74, 6) is 0.772. The molecule has 1 heterocycles. The van der Waals surface area contributed by atoms with Crippen LogP contribution in [0.25, 0.3) is 0 Å². The molecule has 150 valence electrons. The molecule has 2 aromatic carbocycles. The van der Waals surface area contributed by atoms with Gasteiger partial charge in [-0.15, -0.1) is 11.8 Å². The third-order valence-electron chi connectivity index (χ3n) is 5.17. The fourth-order valence-corrected chi connectivity index (χ4v) is 4.40. The largest absolute Gasteiger partial charge is 0.367 e. The van der Waals surface area contributed by atoms with Gasteiger partial charge in [-0.3, -0.25) is 4.79 Å². The normalized spacial score (nSPS) is 14.0. The number of nitrogens with one attached hydrogen (secondary N) is 1. The smallest absolute Gasteiger partial charge is 0.229 e. The fraction of sp³-hybridized carbons (Fsp3) is 0.435. The summed E-state index contributed by atoms with van der Waals surface area (Å²) in [5, 5.41) is 3.19. The van der Waals surface area contributed by atoms with Gasteiger partial charge in [-0.2, -0.15) is 0 Å². The van der Waals surface area contributed by atoms with Crippen molar-refractivity contribution in [1.29, 1.82) is 0 Å². The summed E-state index contributed by atoms with van der Waals surface area (Å²) in [4.78, 5) is 16.0. The van der Waals surface area contributed by atoms with Crippen molar-refractivity contribution >= 4 is 29.0 Å². The highest BCUT2D eigenvalue weighted by molar-refractivity contribution is 7.99. The van der Waals surface area contributed by atoms with Crippen molar-refractivity contribution in [2.75, 3.05) is 22.5 Å². The molecule has 1 aliphatic heterocycles. The van der Waals surface area contributed by atoms with Gasteiger partial charge in [0.15, 0.2) is 0 Å². The second-order valence-corrected chi connectivity index (χ2v) is 9.60. The Hall–Kier alpha value is -2.01. The number of hydrogen-bond donors (Lipinski definition) is 1. The molecule has 3 nitrogen and oxygen atoms in total. The van der Waals surface area contributed by atoms with Gasteiger partial charge in [0, 0.05) is 29.1 Å². The summed E-state index contributed by atoms with van der Waals surface area (Å²) in [6.45, 7) is 11.7. The number of thioether (sulfide) groups is 1. The van der Waals surface area contributed by atoms with Crippen molar-refractivity contribution in [2.45, 2.75) is 52.5 Å². The van der Waals surface area contributed by atoms with Gasteiger partial charge in [0.1, 0.15) is 5.82 Å². The van der Waals surface area contributed by atoms with E-state index >= 15 is 0 Å². The van der Waals surface area contributed by atoms with Crippen molar-refractivity contribution in [3.63, 3.8) is 0 Å². The van der Waals surface area contributed by atoms with E-state index in [9.17, 15) is 9.18 Å². The first-order valence-electron chi connectivity index (χ1n) is 9.80. The van der Waals surface area contributed by atoms with Crippen LogP contribution in [0.2, 0.25) is 0 Å². The van der Waals surface area contributed by atoms with E-state index in [4.69, 9.17) is 0 Å². The Labute approximate surface area is 171 Å². The first kappa shape index (κ1) is 20.7. The Kier molecular flexibility index (Phi) is 6.04. The van der Waals surface area contributed by atoms with Gasteiger partial charge in [0.2, 0.25) is 5.91 Å². The van der Waals surface area contributed by atoms with Crippen molar-refractivity contribution in [2.24, 2.45) is 5.41 Å². The molecule has 0 unspecified atom stereocenters. The second kappa shape index (κ2) is 8.16. The highest BCUT2D eigenvalue weighted by atomic mass is 32.2. The summed E-state index contributed by atoms with van der Waals surface area (Å²) >= 11 is 1.76. The predicted octanol–water partition coefficient (Wildman–Crippen LogP) is 5.79. The molecule has 28 heavy (non-hydrogen) atoms. The number of anilines is 2. The van der Waals surface area contributed by atoms with E-state index in [2.05, 4.69) is 30.1 Å². The molecule has 0 atom stereocenters. The van der Waals surface area contributed by atoms with Crippen LogP contribution in [0.3, 0.4) is 0 Å². The Morgan fingerprint density at radius 2 is 1.93 bits per heavy atom. The number of rotatable bonds is 4. The molecule has 0 radical (unpaired) electrons. The van der Waals surface area contributed by atoms with Crippen LogP contribution in [-0.2, 0) is 17.8 Å². The minimum absolute atomic E-state index is 0.0391. The maximum Gasteiger partial charge on any atom is 0.229 e. The lowest BCUT2D eigenvalue weighted by Crippen LogP contribution is -2.32. The number of carbonyl (C=O) groups is 1. The molecule has 1 N–H and O–H groups in total. The summed E-state index contributed by atoms with van der Waals surface area (Å²) in [6.07, 6.45) is 0.911. The minimum Gasteiger partial charge on any atom is -0.367 e. The fourth-order valence-electron chi connectivity index (χ4n) is 3.51. The third kappa shape index (κ3) is 4.35. The molecular weight excluding hydrogens is 371 g/mol. The Bertz CT molecular complexity index is 872. The molecule has 3 rings (SSSR count). The van der Waals surface area contributed by atoms with Crippen molar-refractivity contribution in [1.82, 2.24) is 0 Å². The van der Waals surface area contributed by atoms with Crippen LogP contribution < -0.4 is 10.2 Å². The van der Waals surface area contributed by atoms with E-state index in [1.165, 1.54) is 28.8 Å². The predicted molar refractivity (Wildman–Crippen MR) is 117 cm³/mol. The van der Waals surface area contributed by atoms with E-state index in [-0.39, 0.29) is 11.7 Å². The molecule has 0 saturated heterocycles. The molecule has 0 bridgehead atoms. The first-order chi connectivity index (χ1) is 13.2. The lowest BCUT2D eigenvalue weighted by atomic mass is 9.92. The van der Waals surface area contributed by atoms with Crippen LogP contribution in [0.5, 0.6) is 0 Å². The van der Waals surface area contributed by atoms with Gasteiger partial charge >= 0.3 is 0 Å². The third-order valence-corrected chi connectivity index (χ3v) is 6.09. The lowest BCUT2D eigenvalue weighted by molar-refractivity contribution is -0.123. The molecule has 0 spiro atoms. The van der Waals surface area contributed by atoms with Gasteiger partial charge < -0.3 is 10.2 Å². The Morgan fingerprint density at radius 3 is 2.54 bits per heavy atom. The number of fused-ring (bicyclic) bond motifs is 1. The van der Waals surface area contributed by atoms with Crippen LogP contribution in [0, 0.1) is 18.2 Å². The number of amides is 1. The van der Waals surface area contributed by atoms with Crippen LogP contribution in [0.4, 0.5) is 15.8 Å². The zero-order valence-corrected chi connectivity index (χ0v) is 18.2. The molecule has 0 aliphatic carbocycles. The molecule has 1 aliphatic rings. The van der Waals surface area contributed by atoms with Crippen LogP contribution >= 0.6 is 11.8 Å². The summed E-state index contributed by atoms with van der Waals surface area (Å²) < 4.78 is 13.3. The van der Waals surface area contributed by atoms with Crippen LogP contribution in [0.1, 0.15) is 44.4 Å². The molecule has 0 fully saturated rings. The highest BCUT2D eigenvalue weighted by Gasteiger charge is 2.26. The summed E-state index contributed by atoms with van der Waals surface area (Å²) in [6, 6.07) is 8.93. The van der Waals surface area contributed by atoms with E-state index in [0.29, 0.717) is 0 Å². The van der Waals surface area contributed by atoms with Gasteiger partial charge in [-0.25, -0.2) is 4.39 Å². The standard InChI is InChI=1S/C23H29FN2OS/c1-6-28-20-13-16-14-26(18-9-7-17(24)8-10-18)12-11-19(16)15(2)21(20)25-22(27)23(3,4)5/h7-10,13H,6,11-12,14H2,1-5H3,(H,25,27). The molecule has 1 amide bonds. The molecular formula is C23H29FN2OS. The van der Waals surface area contributed by atoms with Crippen LogP contribution in [-0.4, -0.2) is 18.2 Å². The van der Waals surface area contributed by atoms with Crippen LogP contribution in [0.15, 0.2) is 35.2 Å². The second-order valence-electron chi connectivity index (χ2n) is 8.30. The maximum absolute atomic E-state index is 13.3. The summed E-state index contributed by atoms with van der Waals surface area (Å²) in [7, 11) is 0. The van der Waals surface area contributed by atoms with E-state index < -0.39 is 5.41 Å². The molecule has 0 aromatic heterocycles. The monoisotopic (exact) mass is 400 g/mol. The molecule has 0 saturated carbocycles. The zero-order chi connectivity index (χ0) is 20.5. The van der Waals surface area contributed by atoms with Crippen molar-refractivity contribution in [3.05, 3.63) is 52.8 Å². The molecule has 2 aromatic rings. The van der Waals surface area contributed by atoms with Gasteiger partial charge in [-0.1, -0.05) is 27.7 Å². The number of hydrogen-bond acceptors (Lipinski definition) is 3. The lowest BCUT2D eigenvalue weighted by Gasteiger charge is -2.33. The molecule has 5 heteroatoms. The van der Waals surface area contributed by atoms with Gasteiger partial charge in [0.25, 0.3) is 0 Å². The Balaban J connectivity index is 1.95. The number of benzene rings is 2. The van der Waals surface area contributed by atoms with Crippen molar-refractivity contribution < 1.29 is 9.18 Å². The van der Waals surface area contributed by atoms with Crippen molar-refractivity contribution in [3.8, 4) is 0 Å². The summed E-state index contributed by atoms with van der Waals surface area (Å²) in [5.41, 5.74) is 5.35. The van der Waals surface area contributed by atoms with E-state index in [1.807, 2.05) is 32.9 Å². The van der Waals surface area contributed by atoms with E-state index in [0.717, 1.165) is 41.5 Å². The maximum atomic E-state index is 13.3. The minimum atomic E-state index is -0.435. The van der Waals surface area contributed by atoms with E-state index in [1.54, 1.807) is 11.8 Å². The topological polar surface area (TPSA) is 32.3 Å². The average molecular weight is 401 g/mol. The van der Waals surface area contributed by atoms with Gasteiger partial charge in [0.05, 0.1) is 5.69 Å². The zero-order valence-electron chi connectivity index (χ0n) is 17.4. The SMILES string of the molecule is CCSc1cc2c(c(C)c1NC(=O)C(C)(C)C)CCN(c1ccc(F)cc1)C2. The quantitative estimate of drug-likeness (QED) is 0.659. The number of nitrogens with zero attached hydrogens (tertiary/aromatic N) is 1. The number of carbonyl (C=O) groups excluding carboxylic acids is 1. The Morgan fingerprint density at radius 1 is 1.25 bits per heavy atom. The highest BCUT2D eigenvalue weighted by Crippen LogP contribution is 2.38. The van der Waals surface area contributed by atoms with Gasteiger partial charge in [-0.05, 0) is 66.1 Å². The number of halogens is 1. The first-order valence-corrected chi connectivity index (χ1v) is 10.8.